The van der Waals surface area contributed by atoms with Gasteiger partial charge in [0.2, 0.25) is 10.0 Å². The Balaban J connectivity index is 1.44. The molecule has 0 radical (unpaired) electrons. The fourth-order valence-corrected chi connectivity index (χ4v) is 4.81. The van der Waals surface area contributed by atoms with Crippen LogP contribution < -0.4 is 4.90 Å². The molecule has 0 aliphatic carbocycles. The van der Waals surface area contributed by atoms with Gasteiger partial charge in [0.25, 0.3) is 0 Å². The third-order valence-electron chi connectivity index (χ3n) is 4.72. The Hall–Kier alpha value is -2.62. The maximum absolute atomic E-state index is 13.3. The summed E-state index contributed by atoms with van der Waals surface area (Å²) >= 11 is 5.73. The Morgan fingerprint density at radius 1 is 0.931 bits per heavy atom. The Morgan fingerprint density at radius 3 is 2.28 bits per heavy atom. The summed E-state index contributed by atoms with van der Waals surface area (Å²) in [4.78, 5) is 5.95. The second-order valence-corrected chi connectivity index (χ2v) is 8.82. The van der Waals surface area contributed by atoms with Gasteiger partial charge < -0.3 is 4.90 Å². The summed E-state index contributed by atoms with van der Waals surface area (Å²) in [5.74, 6) is 0.0360. The number of pyridine rings is 1. The number of hydrogen-bond donors (Lipinski definition) is 0. The van der Waals surface area contributed by atoms with Crippen molar-refractivity contribution >= 4 is 27.4 Å². The van der Waals surface area contributed by atoms with Gasteiger partial charge in [-0.25, -0.2) is 12.8 Å². The molecule has 3 aromatic rings. The molecule has 0 saturated carbocycles. The van der Waals surface area contributed by atoms with Crippen molar-refractivity contribution in [3.8, 4) is 11.3 Å². The maximum atomic E-state index is 13.3. The summed E-state index contributed by atoms with van der Waals surface area (Å²) in [6.45, 7) is 1.51. The maximum Gasteiger partial charge on any atom is 0.243 e. The minimum atomic E-state index is -3.74. The lowest BCUT2D eigenvalue weighted by Gasteiger charge is -2.34. The largest absolute Gasteiger partial charge is 0.352 e. The second kappa shape index (κ2) is 8.02. The van der Waals surface area contributed by atoms with E-state index >= 15 is 0 Å². The van der Waals surface area contributed by atoms with Gasteiger partial charge in [-0.15, -0.1) is 10.2 Å². The van der Waals surface area contributed by atoms with Crippen LogP contribution >= 0.6 is 11.6 Å². The summed E-state index contributed by atoms with van der Waals surface area (Å²) < 4.78 is 40.3. The molecular weight excluding hydrogens is 417 g/mol. The monoisotopic (exact) mass is 433 g/mol. The van der Waals surface area contributed by atoms with Gasteiger partial charge in [0, 0.05) is 44.1 Å². The highest BCUT2D eigenvalue weighted by Gasteiger charge is 2.29. The fraction of sp³-hybridized carbons (Fsp3) is 0.211. The van der Waals surface area contributed by atoms with Crippen molar-refractivity contribution < 1.29 is 12.8 Å². The minimum absolute atomic E-state index is 0.0150. The van der Waals surface area contributed by atoms with E-state index in [0.717, 1.165) is 23.4 Å². The highest BCUT2D eigenvalue weighted by atomic mass is 35.5. The number of aromatic nitrogens is 3. The van der Waals surface area contributed by atoms with E-state index in [-0.39, 0.29) is 23.0 Å². The van der Waals surface area contributed by atoms with Gasteiger partial charge in [-0.1, -0.05) is 11.6 Å². The Labute approximate surface area is 172 Å². The number of halogens is 2. The summed E-state index contributed by atoms with van der Waals surface area (Å²) in [5.41, 5.74) is 1.67. The van der Waals surface area contributed by atoms with E-state index < -0.39 is 15.8 Å². The summed E-state index contributed by atoms with van der Waals surface area (Å²) in [7, 11) is -3.74. The van der Waals surface area contributed by atoms with Crippen LogP contribution in [0.1, 0.15) is 0 Å². The number of piperazine rings is 1. The fourth-order valence-electron chi connectivity index (χ4n) is 3.11. The third-order valence-corrected chi connectivity index (χ3v) is 6.90. The number of rotatable bonds is 4. The molecule has 29 heavy (non-hydrogen) atoms. The normalized spacial score (nSPS) is 15.4. The number of anilines is 1. The van der Waals surface area contributed by atoms with Crippen LogP contribution in [0.2, 0.25) is 5.02 Å². The van der Waals surface area contributed by atoms with Crippen LogP contribution in [-0.4, -0.2) is 54.1 Å². The Kier molecular flexibility index (Phi) is 5.44. The first-order valence-electron chi connectivity index (χ1n) is 8.89. The van der Waals surface area contributed by atoms with E-state index in [9.17, 15) is 12.8 Å². The van der Waals surface area contributed by atoms with E-state index in [0.29, 0.717) is 18.9 Å². The quantitative estimate of drug-likeness (QED) is 0.629. The average Bonchev–Trinajstić information content (AvgIpc) is 2.76. The molecule has 0 bridgehead atoms. The molecule has 150 valence electrons. The molecule has 3 heterocycles. The SMILES string of the molecule is O=S(=O)(c1ccc(F)c(Cl)c1)N1CCN(c2ccc(-c3ccncc3)nn2)CC1. The van der Waals surface area contributed by atoms with Gasteiger partial charge in [0.15, 0.2) is 5.82 Å². The number of sulfonamides is 1. The molecular formula is C19H17ClFN5O2S. The molecule has 4 rings (SSSR count). The van der Waals surface area contributed by atoms with Crippen molar-refractivity contribution in [2.45, 2.75) is 4.90 Å². The molecule has 1 aliphatic heterocycles. The molecule has 0 unspecified atom stereocenters. The Morgan fingerprint density at radius 2 is 1.66 bits per heavy atom. The van der Waals surface area contributed by atoms with Crippen LogP contribution in [0.5, 0.6) is 0 Å². The molecule has 0 spiro atoms. The second-order valence-electron chi connectivity index (χ2n) is 6.48. The lowest BCUT2D eigenvalue weighted by molar-refractivity contribution is 0.383. The lowest BCUT2D eigenvalue weighted by atomic mass is 10.2. The molecule has 0 amide bonds. The van der Waals surface area contributed by atoms with E-state index in [2.05, 4.69) is 15.2 Å². The Bertz CT molecular complexity index is 1110. The summed E-state index contributed by atoms with van der Waals surface area (Å²) in [5, 5.41) is 8.32. The summed E-state index contributed by atoms with van der Waals surface area (Å²) in [6, 6.07) is 10.9. The van der Waals surface area contributed by atoms with Crippen molar-refractivity contribution in [3.05, 3.63) is 65.7 Å². The molecule has 1 saturated heterocycles. The number of nitrogens with zero attached hydrogens (tertiary/aromatic N) is 5. The molecule has 2 aromatic heterocycles. The van der Waals surface area contributed by atoms with Gasteiger partial charge in [-0.3, -0.25) is 4.98 Å². The highest BCUT2D eigenvalue weighted by Crippen LogP contribution is 2.24. The number of benzene rings is 1. The predicted octanol–water partition coefficient (Wildman–Crippen LogP) is 2.84. The van der Waals surface area contributed by atoms with Crippen LogP contribution in [0, 0.1) is 5.82 Å². The van der Waals surface area contributed by atoms with E-state index in [1.165, 1.54) is 10.4 Å². The predicted molar refractivity (Wildman–Crippen MR) is 108 cm³/mol. The van der Waals surface area contributed by atoms with Gasteiger partial charge >= 0.3 is 0 Å². The minimum Gasteiger partial charge on any atom is -0.352 e. The standard InChI is InChI=1S/C19H17ClFN5O2S/c20-16-13-15(1-2-17(16)21)29(27,28)26-11-9-25(10-12-26)19-4-3-18(23-24-19)14-5-7-22-8-6-14/h1-8,13H,9-12H2. The molecule has 10 heteroatoms. The molecule has 1 aliphatic rings. The molecule has 1 aromatic carbocycles. The smallest absolute Gasteiger partial charge is 0.243 e. The topological polar surface area (TPSA) is 79.3 Å². The molecule has 0 N–H and O–H groups in total. The van der Waals surface area contributed by atoms with Crippen molar-refractivity contribution in [3.63, 3.8) is 0 Å². The zero-order valence-corrected chi connectivity index (χ0v) is 16.8. The van der Waals surface area contributed by atoms with E-state index in [1.54, 1.807) is 12.4 Å². The van der Waals surface area contributed by atoms with E-state index in [1.807, 2.05) is 29.2 Å². The van der Waals surface area contributed by atoms with Crippen LogP contribution in [0.15, 0.2) is 59.8 Å². The van der Waals surface area contributed by atoms with Crippen molar-refractivity contribution in [1.29, 1.82) is 0 Å². The van der Waals surface area contributed by atoms with Crippen LogP contribution in [0.4, 0.5) is 10.2 Å². The molecule has 1 fully saturated rings. The first-order chi connectivity index (χ1) is 13.9. The van der Waals surface area contributed by atoms with E-state index in [4.69, 9.17) is 11.6 Å². The van der Waals surface area contributed by atoms with Crippen molar-refractivity contribution in [1.82, 2.24) is 19.5 Å². The first-order valence-corrected chi connectivity index (χ1v) is 10.7. The van der Waals surface area contributed by atoms with Crippen molar-refractivity contribution in [2.24, 2.45) is 0 Å². The van der Waals surface area contributed by atoms with Gasteiger partial charge in [0.05, 0.1) is 15.6 Å². The molecule has 0 atom stereocenters. The third kappa shape index (κ3) is 4.07. The first kappa shape index (κ1) is 19.7. The van der Waals surface area contributed by atoms with Crippen molar-refractivity contribution in [2.75, 3.05) is 31.1 Å². The highest BCUT2D eigenvalue weighted by molar-refractivity contribution is 7.89. The molecule has 7 nitrogen and oxygen atoms in total. The van der Waals surface area contributed by atoms with Gasteiger partial charge in [-0.05, 0) is 42.5 Å². The average molecular weight is 434 g/mol. The van der Waals surface area contributed by atoms with Crippen LogP contribution in [-0.2, 0) is 10.0 Å². The summed E-state index contributed by atoms with van der Waals surface area (Å²) in [6.07, 6.45) is 3.39. The van der Waals surface area contributed by atoms with Crippen LogP contribution in [0.3, 0.4) is 0 Å². The van der Waals surface area contributed by atoms with Gasteiger partial charge in [-0.2, -0.15) is 4.31 Å². The number of hydrogen-bond acceptors (Lipinski definition) is 6. The van der Waals surface area contributed by atoms with Gasteiger partial charge in [0.1, 0.15) is 5.82 Å². The zero-order valence-electron chi connectivity index (χ0n) is 15.2. The lowest BCUT2D eigenvalue weighted by Crippen LogP contribution is -2.49. The zero-order chi connectivity index (χ0) is 20.4. The van der Waals surface area contributed by atoms with Crippen LogP contribution in [0.25, 0.3) is 11.3 Å².